The number of benzene rings is 3. The summed E-state index contributed by atoms with van der Waals surface area (Å²) in [6.45, 7) is 16.0. The number of hydrogen-bond donors (Lipinski definition) is 3. The quantitative estimate of drug-likeness (QED) is 0.198. The van der Waals surface area contributed by atoms with Gasteiger partial charge in [-0.1, -0.05) is 60.7 Å². The standard InChI is InChI=1S/C39H51N3O7/c1-10-42(35(45)30(41-37(47)49-39(7,8)9)23-28-19-21-29(43)22-20-28)33(32-25(2)15-14-16-26(32)3)34(44)40-31(36(46)48-38(4,5)6)24-27-17-12-11-13-18-27/h11-22,30-31,33,43H,10,23-24H2,1-9H3,(H,40,44)(H,41,47). The van der Waals surface area contributed by atoms with Crippen LogP contribution in [0, 0.1) is 13.8 Å². The first-order chi connectivity index (χ1) is 22.9. The van der Waals surface area contributed by atoms with Gasteiger partial charge in [-0.3, -0.25) is 9.59 Å². The summed E-state index contributed by atoms with van der Waals surface area (Å²) in [7, 11) is 0. The lowest BCUT2D eigenvalue weighted by atomic mass is 9.92. The number of aromatic hydroxyl groups is 1. The van der Waals surface area contributed by atoms with E-state index in [1.165, 1.54) is 17.0 Å². The molecule has 0 saturated heterocycles. The van der Waals surface area contributed by atoms with E-state index in [1.54, 1.807) is 60.6 Å². The van der Waals surface area contributed by atoms with Crippen LogP contribution in [0.25, 0.3) is 0 Å². The highest BCUT2D eigenvalue weighted by Gasteiger charge is 2.39. The molecule has 3 N–H and O–H groups in total. The predicted octanol–water partition coefficient (Wildman–Crippen LogP) is 6.10. The van der Waals surface area contributed by atoms with Gasteiger partial charge in [-0.05, 0) is 102 Å². The summed E-state index contributed by atoms with van der Waals surface area (Å²) in [5.41, 5.74) is 2.03. The summed E-state index contributed by atoms with van der Waals surface area (Å²) in [5, 5.41) is 15.5. The average Bonchev–Trinajstić information content (AvgIpc) is 2.99. The minimum atomic E-state index is -1.16. The Morgan fingerprint density at radius 1 is 0.714 bits per heavy atom. The molecule has 3 unspecified atom stereocenters. The minimum absolute atomic E-state index is 0.0590. The van der Waals surface area contributed by atoms with Gasteiger partial charge in [-0.15, -0.1) is 0 Å². The van der Waals surface area contributed by atoms with Gasteiger partial charge in [-0.2, -0.15) is 0 Å². The molecular weight excluding hydrogens is 622 g/mol. The van der Waals surface area contributed by atoms with Crippen LogP contribution in [-0.4, -0.2) is 63.7 Å². The van der Waals surface area contributed by atoms with Gasteiger partial charge in [-0.25, -0.2) is 9.59 Å². The number of nitrogens with zero attached hydrogens (tertiary/aromatic N) is 1. The maximum atomic E-state index is 14.6. The zero-order valence-electron chi connectivity index (χ0n) is 30.1. The molecule has 0 bridgehead atoms. The van der Waals surface area contributed by atoms with Crippen molar-refractivity contribution in [2.45, 2.75) is 104 Å². The molecule has 0 spiro atoms. The fourth-order valence-electron chi connectivity index (χ4n) is 5.54. The van der Waals surface area contributed by atoms with Gasteiger partial charge in [0.05, 0.1) is 0 Å². The van der Waals surface area contributed by atoms with E-state index in [4.69, 9.17) is 9.47 Å². The topological polar surface area (TPSA) is 134 Å². The minimum Gasteiger partial charge on any atom is -0.508 e. The highest BCUT2D eigenvalue weighted by molar-refractivity contribution is 5.94. The van der Waals surface area contributed by atoms with E-state index in [0.717, 1.165) is 16.7 Å². The zero-order valence-corrected chi connectivity index (χ0v) is 30.1. The summed E-state index contributed by atoms with van der Waals surface area (Å²) in [5.74, 6) is -1.64. The van der Waals surface area contributed by atoms with Gasteiger partial charge in [0.2, 0.25) is 11.8 Å². The van der Waals surface area contributed by atoms with E-state index < -0.39 is 53.2 Å². The Balaban J connectivity index is 2.10. The summed E-state index contributed by atoms with van der Waals surface area (Å²) in [6.07, 6.45) is -0.559. The summed E-state index contributed by atoms with van der Waals surface area (Å²) in [6, 6.07) is 17.9. The molecule has 0 heterocycles. The normalized spacial score (nSPS) is 13.4. The van der Waals surface area contributed by atoms with Crippen LogP contribution in [0.4, 0.5) is 4.79 Å². The number of hydrogen-bond acceptors (Lipinski definition) is 7. The number of rotatable bonds is 12. The van der Waals surface area contributed by atoms with Gasteiger partial charge in [0, 0.05) is 19.4 Å². The van der Waals surface area contributed by atoms with Crippen molar-refractivity contribution in [3.63, 3.8) is 0 Å². The first-order valence-electron chi connectivity index (χ1n) is 16.6. The lowest BCUT2D eigenvalue weighted by molar-refractivity contribution is -0.159. The Morgan fingerprint density at radius 2 is 1.24 bits per heavy atom. The van der Waals surface area contributed by atoms with Crippen molar-refractivity contribution in [1.82, 2.24) is 15.5 Å². The fourth-order valence-corrected chi connectivity index (χ4v) is 5.54. The van der Waals surface area contributed by atoms with Crippen LogP contribution in [0.5, 0.6) is 5.75 Å². The second kappa shape index (κ2) is 16.5. The largest absolute Gasteiger partial charge is 0.508 e. The Labute approximate surface area is 290 Å². The molecule has 10 heteroatoms. The molecule has 3 aromatic rings. The van der Waals surface area contributed by atoms with Crippen molar-refractivity contribution in [3.05, 3.63) is 101 Å². The predicted molar refractivity (Wildman–Crippen MR) is 189 cm³/mol. The van der Waals surface area contributed by atoms with Crippen LogP contribution in [0.2, 0.25) is 0 Å². The first kappa shape index (κ1) is 38.6. The summed E-state index contributed by atoms with van der Waals surface area (Å²) in [4.78, 5) is 57.2. The van der Waals surface area contributed by atoms with Crippen LogP contribution in [0.1, 0.15) is 82.3 Å². The van der Waals surface area contributed by atoms with Crippen LogP contribution >= 0.6 is 0 Å². The van der Waals surface area contributed by atoms with E-state index in [-0.39, 0.29) is 25.1 Å². The van der Waals surface area contributed by atoms with Crippen LogP contribution in [0.3, 0.4) is 0 Å². The van der Waals surface area contributed by atoms with Crippen molar-refractivity contribution in [3.8, 4) is 5.75 Å². The van der Waals surface area contributed by atoms with Gasteiger partial charge >= 0.3 is 12.1 Å². The van der Waals surface area contributed by atoms with E-state index in [2.05, 4.69) is 10.6 Å². The molecule has 3 atom stereocenters. The summed E-state index contributed by atoms with van der Waals surface area (Å²) >= 11 is 0. The second-order valence-corrected chi connectivity index (χ2v) is 14.2. The van der Waals surface area contributed by atoms with Crippen molar-refractivity contribution < 1.29 is 33.8 Å². The second-order valence-electron chi connectivity index (χ2n) is 14.2. The lowest BCUT2D eigenvalue weighted by Gasteiger charge is -2.36. The van der Waals surface area contributed by atoms with Crippen LogP contribution in [0.15, 0.2) is 72.8 Å². The Kier molecular flexibility index (Phi) is 13.0. The van der Waals surface area contributed by atoms with E-state index >= 15 is 0 Å². The maximum Gasteiger partial charge on any atom is 0.408 e. The smallest absolute Gasteiger partial charge is 0.408 e. The van der Waals surface area contributed by atoms with Crippen molar-refractivity contribution >= 4 is 23.9 Å². The fraction of sp³-hybridized carbons (Fsp3) is 0.436. The monoisotopic (exact) mass is 673 g/mol. The number of alkyl carbamates (subject to hydrolysis) is 1. The van der Waals surface area contributed by atoms with Crippen LogP contribution in [-0.2, 0) is 36.7 Å². The van der Waals surface area contributed by atoms with Crippen molar-refractivity contribution in [1.29, 1.82) is 0 Å². The molecule has 0 fully saturated rings. The third-order valence-corrected chi connectivity index (χ3v) is 7.66. The highest BCUT2D eigenvalue weighted by Crippen LogP contribution is 2.29. The highest BCUT2D eigenvalue weighted by atomic mass is 16.6. The number of amides is 3. The number of aryl methyl sites for hydroxylation is 2. The van der Waals surface area contributed by atoms with E-state index in [0.29, 0.717) is 11.1 Å². The lowest BCUT2D eigenvalue weighted by Crippen LogP contribution is -2.55. The number of esters is 1. The third kappa shape index (κ3) is 11.7. The maximum absolute atomic E-state index is 14.6. The van der Waals surface area contributed by atoms with Crippen LogP contribution < -0.4 is 10.6 Å². The van der Waals surface area contributed by atoms with E-state index in [9.17, 15) is 24.3 Å². The van der Waals surface area contributed by atoms with Gasteiger partial charge in [0.25, 0.3) is 0 Å². The average molecular weight is 674 g/mol. The SMILES string of the molecule is CCN(C(=O)C(Cc1ccc(O)cc1)NC(=O)OC(C)(C)C)C(C(=O)NC(Cc1ccccc1)C(=O)OC(C)(C)C)c1c(C)cccc1C. The number of phenolic OH excluding ortho intramolecular Hbond substituents is 1. The zero-order chi connectivity index (χ0) is 36.5. The number of likely N-dealkylation sites (N-methyl/N-ethyl adjacent to an activating group) is 1. The molecule has 3 amide bonds. The summed E-state index contributed by atoms with van der Waals surface area (Å²) < 4.78 is 11.2. The number of carbonyl (C=O) groups is 4. The van der Waals surface area contributed by atoms with Gasteiger partial charge in [0.1, 0.15) is 35.1 Å². The first-order valence-corrected chi connectivity index (χ1v) is 16.6. The van der Waals surface area contributed by atoms with Gasteiger partial charge in [0.15, 0.2) is 0 Å². The molecule has 0 aliphatic rings. The molecule has 10 nitrogen and oxygen atoms in total. The third-order valence-electron chi connectivity index (χ3n) is 7.66. The molecule has 0 aliphatic heterocycles. The molecule has 0 radical (unpaired) electrons. The number of carbonyl (C=O) groups excluding carboxylic acids is 4. The number of ether oxygens (including phenoxy) is 2. The molecule has 0 aliphatic carbocycles. The molecular formula is C39H51N3O7. The molecule has 49 heavy (non-hydrogen) atoms. The Hall–Kier alpha value is -4.86. The molecule has 0 saturated carbocycles. The Bertz CT molecular complexity index is 1570. The molecule has 3 aromatic carbocycles. The van der Waals surface area contributed by atoms with Crippen molar-refractivity contribution in [2.75, 3.05) is 6.54 Å². The van der Waals surface area contributed by atoms with E-state index in [1.807, 2.05) is 62.4 Å². The molecule has 3 rings (SSSR count). The molecule has 264 valence electrons. The Morgan fingerprint density at radius 3 is 1.78 bits per heavy atom. The van der Waals surface area contributed by atoms with Gasteiger partial charge < -0.3 is 30.1 Å². The number of phenols is 1. The molecule has 0 aromatic heterocycles. The van der Waals surface area contributed by atoms with Crippen molar-refractivity contribution in [2.24, 2.45) is 0 Å². The number of nitrogens with one attached hydrogen (secondary N) is 2.